The van der Waals surface area contributed by atoms with Gasteiger partial charge in [0.2, 0.25) is 5.91 Å². The summed E-state index contributed by atoms with van der Waals surface area (Å²) < 4.78 is 1.19. The van der Waals surface area contributed by atoms with Crippen LogP contribution in [0.3, 0.4) is 0 Å². The van der Waals surface area contributed by atoms with E-state index >= 15 is 0 Å². The molecule has 144 valence electrons. The molecule has 1 aromatic heterocycles. The zero-order valence-corrected chi connectivity index (χ0v) is 16.9. The summed E-state index contributed by atoms with van der Waals surface area (Å²) in [5, 5.41) is 7.77. The van der Waals surface area contributed by atoms with Gasteiger partial charge >= 0.3 is 0 Å². The Kier molecular flexibility index (Phi) is 5.95. The normalized spacial score (nSPS) is 10.7. The summed E-state index contributed by atoms with van der Waals surface area (Å²) in [5.74, 6) is -0.302. The van der Waals surface area contributed by atoms with Crippen molar-refractivity contribution in [1.82, 2.24) is 15.1 Å². The Morgan fingerprint density at radius 2 is 1.75 bits per heavy atom. The van der Waals surface area contributed by atoms with Gasteiger partial charge in [0.1, 0.15) is 6.54 Å². The molecule has 3 rings (SSSR count). The molecule has 0 radical (unpaired) electrons. The lowest BCUT2D eigenvalue weighted by atomic mass is 9.99. The van der Waals surface area contributed by atoms with E-state index in [1.807, 2.05) is 32.0 Å². The van der Waals surface area contributed by atoms with E-state index in [1.54, 1.807) is 12.1 Å². The Balaban J connectivity index is 1.79. The number of hydrogen-bond donors (Lipinski definition) is 1. The molecule has 6 heteroatoms. The maximum absolute atomic E-state index is 12.3. The minimum absolute atomic E-state index is 0.152. The molecule has 0 aliphatic heterocycles. The van der Waals surface area contributed by atoms with Crippen molar-refractivity contribution in [3.05, 3.63) is 86.2 Å². The molecule has 1 amide bonds. The van der Waals surface area contributed by atoms with Crippen molar-refractivity contribution >= 4 is 17.5 Å². The predicted molar refractivity (Wildman–Crippen MR) is 111 cm³/mol. The predicted octanol–water partition coefficient (Wildman–Crippen LogP) is 3.81. The first kappa shape index (κ1) is 19.8. The third kappa shape index (κ3) is 4.49. The monoisotopic (exact) mass is 395 g/mol. The van der Waals surface area contributed by atoms with Crippen molar-refractivity contribution in [2.24, 2.45) is 0 Å². The zero-order chi connectivity index (χ0) is 20.3. The number of nitrogens with zero attached hydrogens (tertiary/aromatic N) is 2. The third-order valence-electron chi connectivity index (χ3n) is 4.71. The molecule has 0 bridgehead atoms. The summed E-state index contributed by atoms with van der Waals surface area (Å²) in [6, 6.07) is 14.6. The van der Waals surface area contributed by atoms with Crippen molar-refractivity contribution in [2.45, 2.75) is 33.9 Å². The van der Waals surface area contributed by atoms with Crippen molar-refractivity contribution < 1.29 is 4.79 Å². The van der Waals surface area contributed by atoms with Crippen molar-refractivity contribution in [3.8, 4) is 11.3 Å². The van der Waals surface area contributed by atoms with Crippen LogP contribution in [0.25, 0.3) is 11.3 Å². The Morgan fingerprint density at radius 1 is 1.04 bits per heavy atom. The second kappa shape index (κ2) is 8.40. The number of aryl methyl sites for hydroxylation is 3. The number of carbonyl (C=O) groups is 1. The average Bonchev–Trinajstić information content (AvgIpc) is 2.66. The SMILES string of the molecule is Cc1cc(C)c(-c2ccc(=O)n(CC(=O)NCc3ccccc3Cl)n2)cc1C. The van der Waals surface area contributed by atoms with Crippen molar-refractivity contribution in [1.29, 1.82) is 0 Å². The molecule has 0 aliphatic rings. The van der Waals surface area contributed by atoms with Crippen molar-refractivity contribution in [3.63, 3.8) is 0 Å². The molecule has 0 unspecified atom stereocenters. The van der Waals surface area contributed by atoms with Gasteiger partial charge in [0.25, 0.3) is 5.56 Å². The van der Waals surface area contributed by atoms with E-state index in [2.05, 4.69) is 29.5 Å². The van der Waals surface area contributed by atoms with Gasteiger partial charge < -0.3 is 5.32 Å². The van der Waals surface area contributed by atoms with Gasteiger partial charge in [-0.25, -0.2) is 4.68 Å². The number of nitrogens with one attached hydrogen (secondary N) is 1. The fourth-order valence-corrected chi connectivity index (χ4v) is 3.17. The first-order chi connectivity index (χ1) is 13.3. The van der Waals surface area contributed by atoms with Gasteiger partial charge in [-0.15, -0.1) is 0 Å². The maximum Gasteiger partial charge on any atom is 0.267 e. The average molecular weight is 396 g/mol. The number of carbonyl (C=O) groups excluding carboxylic acids is 1. The molecular formula is C22H22ClN3O2. The largest absolute Gasteiger partial charge is 0.350 e. The molecular weight excluding hydrogens is 374 g/mol. The highest BCUT2D eigenvalue weighted by atomic mass is 35.5. The summed E-state index contributed by atoms with van der Waals surface area (Å²) in [7, 11) is 0. The fourth-order valence-electron chi connectivity index (χ4n) is 2.97. The molecule has 28 heavy (non-hydrogen) atoms. The van der Waals surface area contributed by atoms with E-state index in [4.69, 9.17) is 11.6 Å². The van der Waals surface area contributed by atoms with E-state index in [0.29, 0.717) is 17.3 Å². The third-order valence-corrected chi connectivity index (χ3v) is 5.08. The number of amides is 1. The van der Waals surface area contributed by atoms with Gasteiger partial charge in [0, 0.05) is 23.2 Å². The topological polar surface area (TPSA) is 64.0 Å². The van der Waals surface area contributed by atoms with E-state index in [0.717, 1.165) is 22.3 Å². The minimum atomic E-state index is -0.321. The van der Waals surface area contributed by atoms with Crippen LogP contribution in [-0.2, 0) is 17.9 Å². The summed E-state index contributed by atoms with van der Waals surface area (Å²) in [5.41, 5.74) is 5.54. The first-order valence-electron chi connectivity index (χ1n) is 9.01. The molecule has 0 saturated heterocycles. The summed E-state index contributed by atoms with van der Waals surface area (Å²) in [6.45, 7) is 6.25. The Hall–Kier alpha value is -2.92. The first-order valence-corrected chi connectivity index (χ1v) is 9.39. The van der Waals surface area contributed by atoms with Gasteiger partial charge in [-0.05, 0) is 61.2 Å². The second-order valence-electron chi connectivity index (χ2n) is 6.83. The lowest BCUT2D eigenvalue weighted by molar-refractivity contribution is -0.122. The van der Waals surface area contributed by atoms with Crippen LogP contribution >= 0.6 is 11.6 Å². The fraction of sp³-hybridized carbons (Fsp3) is 0.227. The molecule has 1 heterocycles. The molecule has 5 nitrogen and oxygen atoms in total. The van der Waals surface area contributed by atoms with Gasteiger partial charge in [-0.3, -0.25) is 9.59 Å². The van der Waals surface area contributed by atoms with Crippen LogP contribution in [0.1, 0.15) is 22.3 Å². The van der Waals surface area contributed by atoms with Gasteiger partial charge in [-0.2, -0.15) is 5.10 Å². The second-order valence-corrected chi connectivity index (χ2v) is 7.24. The van der Waals surface area contributed by atoms with E-state index in [-0.39, 0.29) is 18.0 Å². The number of benzene rings is 2. The summed E-state index contributed by atoms with van der Waals surface area (Å²) in [4.78, 5) is 24.5. The highest BCUT2D eigenvalue weighted by molar-refractivity contribution is 6.31. The van der Waals surface area contributed by atoms with Gasteiger partial charge in [-0.1, -0.05) is 35.9 Å². The van der Waals surface area contributed by atoms with Crippen LogP contribution in [0.5, 0.6) is 0 Å². The molecule has 0 spiro atoms. The minimum Gasteiger partial charge on any atom is -0.350 e. The zero-order valence-electron chi connectivity index (χ0n) is 16.1. The summed E-state index contributed by atoms with van der Waals surface area (Å²) >= 11 is 6.10. The molecule has 2 aromatic carbocycles. The molecule has 1 N–H and O–H groups in total. The van der Waals surface area contributed by atoms with Gasteiger partial charge in [0.15, 0.2) is 0 Å². The molecule has 0 atom stereocenters. The number of halogens is 1. The lowest BCUT2D eigenvalue weighted by Crippen LogP contribution is -2.33. The standard InChI is InChI=1S/C22H22ClN3O2/c1-14-10-16(3)18(11-15(14)2)20-8-9-22(28)26(25-20)13-21(27)24-12-17-6-4-5-7-19(17)23/h4-11H,12-13H2,1-3H3,(H,24,27). The molecule has 0 aliphatic carbocycles. The van der Waals surface area contributed by atoms with Gasteiger partial charge in [0.05, 0.1) is 5.69 Å². The molecule has 0 fully saturated rings. The Labute approximate surface area is 169 Å². The highest BCUT2D eigenvalue weighted by Gasteiger charge is 2.11. The Bertz CT molecular complexity index is 1090. The van der Waals surface area contributed by atoms with Crippen molar-refractivity contribution in [2.75, 3.05) is 0 Å². The smallest absolute Gasteiger partial charge is 0.267 e. The highest BCUT2D eigenvalue weighted by Crippen LogP contribution is 2.24. The van der Waals surface area contributed by atoms with E-state index in [9.17, 15) is 9.59 Å². The van der Waals surface area contributed by atoms with Crippen LogP contribution in [0.2, 0.25) is 5.02 Å². The molecule has 3 aromatic rings. The van der Waals surface area contributed by atoms with Crippen LogP contribution in [-0.4, -0.2) is 15.7 Å². The summed E-state index contributed by atoms with van der Waals surface area (Å²) in [6.07, 6.45) is 0. The lowest BCUT2D eigenvalue weighted by Gasteiger charge is -2.12. The maximum atomic E-state index is 12.3. The van der Waals surface area contributed by atoms with E-state index in [1.165, 1.54) is 16.3 Å². The van der Waals surface area contributed by atoms with Crippen LogP contribution < -0.4 is 10.9 Å². The molecule has 0 saturated carbocycles. The number of rotatable bonds is 5. The van der Waals surface area contributed by atoms with Crippen LogP contribution in [0.15, 0.2) is 53.3 Å². The number of hydrogen-bond acceptors (Lipinski definition) is 3. The van der Waals surface area contributed by atoms with E-state index < -0.39 is 0 Å². The van der Waals surface area contributed by atoms with Crippen LogP contribution in [0, 0.1) is 20.8 Å². The number of aromatic nitrogens is 2. The quantitative estimate of drug-likeness (QED) is 0.714. The van der Waals surface area contributed by atoms with Crippen LogP contribution in [0.4, 0.5) is 0 Å². The Morgan fingerprint density at radius 3 is 2.50 bits per heavy atom.